The molecule has 1 rings (SSSR count). The van der Waals surface area contributed by atoms with Crippen molar-refractivity contribution in [1.29, 1.82) is 0 Å². The molecule has 3 heteroatoms. The van der Waals surface area contributed by atoms with Crippen molar-refractivity contribution < 1.29 is 14.9 Å². The Kier molecular flexibility index (Phi) is 13.6. The minimum absolute atomic E-state index is 0.143. The van der Waals surface area contributed by atoms with Crippen molar-refractivity contribution in [3.05, 3.63) is 28.8 Å². The fourth-order valence-electron chi connectivity index (χ4n) is 3.38. The molecule has 0 radical (unpaired) electrons. The summed E-state index contributed by atoms with van der Waals surface area (Å²) >= 11 is 0. The largest absolute Gasteiger partial charge is 0.493 e. The van der Waals surface area contributed by atoms with E-state index in [1.807, 2.05) is 0 Å². The Morgan fingerprint density at radius 3 is 1.63 bits per heavy atom. The first-order chi connectivity index (χ1) is 13.3. The summed E-state index contributed by atoms with van der Waals surface area (Å²) in [6.07, 6.45) is 21.1. The molecule has 27 heavy (non-hydrogen) atoms. The van der Waals surface area contributed by atoms with Crippen LogP contribution < -0.4 is 4.74 Å². The molecule has 0 aliphatic heterocycles. The van der Waals surface area contributed by atoms with Gasteiger partial charge in [-0.1, -0.05) is 83.5 Å². The summed E-state index contributed by atoms with van der Waals surface area (Å²) in [7, 11) is 0. The van der Waals surface area contributed by atoms with Crippen LogP contribution in [0.15, 0.2) is 12.1 Å². The fourth-order valence-corrected chi connectivity index (χ4v) is 3.38. The predicted octanol–water partition coefficient (Wildman–Crippen LogP) is 5.73. The highest BCUT2D eigenvalue weighted by Gasteiger charge is 2.11. The SMILES string of the molecule is C#Cc1cc(CO)c(OCCCCCCCCCCCCCC)c(CO)c1. The van der Waals surface area contributed by atoms with E-state index in [0.717, 1.165) is 12.8 Å². The standard InChI is InChI=1S/C24H38O3/c1-3-5-6-7-8-9-10-11-12-13-14-15-16-27-24-22(19-25)17-21(4-2)18-23(24)20-26/h2,17-18,25-26H,3,5-16,19-20H2,1H3. The van der Waals surface area contributed by atoms with Gasteiger partial charge in [-0.3, -0.25) is 0 Å². The van der Waals surface area contributed by atoms with E-state index in [1.165, 1.54) is 64.2 Å². The highest BCUT2D eigenvalue weighted by Crippen LogP contribution is 2.27. The average Bonchev–Trinajstić information content (AvgIpc) is 2.70. The molecular weight excluding hydrogens is 336 g/mol. The lowest BCUT2D eigenvalue weighted by Gasteiger charge is -2.15. The van der Waals surface area contributed by atoms with Crippen LogP contribution >= 0.6 is 0 Å². The molecule has 152 valence electrons. The smallest absolute Gasteiger partial charge is 0.130 e. The van der Waals surface area contributed by atoms with Gasteiger partial charge in [-0.25, -0.2) is 0 Å². The van der Waals surface area contributed by atoms with Gasteiger partial charge in [0.05, 0.1) is 19.8 Å². The first kappa shape index (κ1) is 23.5. The summed E-state index contributed by atoms with van der Waals surface area (Å²) in [4.78, 5) is 0. The molecule has 0 aliphatic rings. The second-order valence-electron chi connectivity index (χ2n) is 7.32. The van der Waals surface area contributed by atoms with Gasteiger partial charge in [0, 0.05) is 16.7 Å². The van der Waals surface area contributed by atoms with Crippen molar-refractivity contribution >= 4 is 0 Å². The molecule has 3 nitrogen and oxygen atoms in total. The zero-order chi connectivity index (χ0) is 19.7. The fraction of sp³-hybridized carbons (Fsp3) is 0.667. The van der Waals surface area contributed by atoms with Gasteiger partial charge in [-0.15, -0.1) is 6.42 Å². The third-order valence-electron chi connectivity index (χ3n) is 4.99. The number of rotatable bonds is 16. The Balaban J connectivity index is 2.14. The molecule has 0 aromatic heterocycles. The molecule has 0 amide bonds. The van der Waals surface area contributed by atoms with Crippen LogP contribution in [0.25, 0.3) is 0 Å². The van der Waals surface area contributed by atoms with Crippen LogP contribution in [0.2, 0.25) is 0 Å². The highest BCUT2D eigenvalue weighted by molar-refractivity contribution is 5.48. The molecule has 0 saturated heterocycles. The van der Waals surface area contributed by atoms with E-state index in [1.54, 1.807) is 12.1 Å². The van der Waals surface area contributed by atoms with Crippen molar-refractivity contribution in [2.24, 2.45) is 0 Å². The van der Waals surface area contributed by atoms with Crippen LogP contribution in [-0.2, 0) is 13.2 Å². The molecule has 1 aromatic carbocycles. The quantitative estimate of drug-likeness (QED) is 0.287. The first-order valence-corrected chi connectivity index (χ1v) is 10.7. The molecule has 1 aromatic rings. The van der Waals surface area contributed by atoms with Crippen molar-refractivity contribution in [2.75, 3.05) is 6.61 Å². The van der Waals surface area contributed by atoms with Gasteiger partial charge in [-0.2, -0.15) is 0 Å². The van der Waals surface area contributed by atoms with Gasteiger partial charge < -0.3 is 14.9 Å². The van der Waals surface area contributed by atoms with Crippen molar-refractivity contribution in [3.8, 4) is 18.1 Å². The summed E-state index contributed by atoms with van der Waals surface area (Å²) in [5.74, 6) is 3.13. The van der Waals surface area contributed by atoms with Crippen LogP contribution in [0.1, 0.15) is 101 Å². The summed E-state index contributed by atoms with van der Waals surface area (Å²) < 4.78 is 5.85. The van der Waals surface area contributed by atoms with Gasteiger partial charge in [-0.05, 0) is 18.6 Å². The van der Waals surface area contributed by atoms with Crippen LogP contribution in [-0.4, -0.2) is 16.8 Å². The minimum Gasteiger partial charge on any atom is -0.493 e. The van der Waals surface area contributed by atoms with Crippen LogP contribution in [0.3, 0.4) is 0 Å². The average molecular weight is 375 g/mol. The maximum atomic E-state index is 9.53. The Morgan fingerprint density at radius 1 is 0.778 bits per heavy atom. The van der Waals surface area contributed by atoms with Gasteiger partial charge in [0.25, 0.3) is 0 Å². The number of unbranched alkanes of at least 4 members (excludes halogenated alkanes) is 11. The van der Waals surface area contributed by atoms with Crippen LogP contribution in [0, 0.1) is 12.3 Å². The predicted molar refractivity (Wildman–Crippen MR) is 113 cm³/mol. The molecule has 0 spiro atoms. The minimum atomic E-state index is -0.143. The lowest BCUT2D eigenvalue weighted by atomic mass is 10.0. The zero-order valence-corrected chi connectivity index (χ0v) is 17.1. The van der Waals surface area contributed by atoms with Crippen molar-refractivity contribution in [1.82, 2.24) is 0 Å². The summed E-state index contributed by atoms with van der Waals surface area (Å²) in [5, 5.41) is 19.1. The summed E-state index contributed by atoms with van der Waals surface area (Å²) in [5.41, 5.74) is 1.95. The van der Waals surface area contributed by atoms with Gasteiger partial charge >= 0.3 is 0 Å². The van der Waals surface area contributed by atoms with Crippen molar-refractivity contribution in [2.45, 2.75) is 97.2 Å². The molecule has 0 fully saturated rings. The Labute approximate surface area is 166 Å². The number of hydrogen-bond donors (Lipinski definition) is 2. The lowest BCUT2D eigenvalue weighted by molar-refractivity contribution is 0.243. The Bertz CT molecular complexity index is 520. The summed E-state index contributed by atoms with van der Waals surface area (Å²) in [6.45, 7) is 2.58. The Morgan fingerprint density at radius 2 is 1.22 bits per heavy atom. The molecule has 2 N–H and O–H groups in total. The lowest BCUT2D eigenvalue weighted by Crippen LogP contribution is -2.05. The second kappa shape index (κ2) is 15.5. The molecule has 0 aliphatic carbocycles. The normalized spacial score (nSPS) is 10.7. The Hall–Kier alpha value is -1.50. The van der Waals surface area contributed by atoms with E-state index in [0.29, 0.717) is 29.0 Å². The maximum Gasteiger partial charge on any atom is 0.130 e. The van der Waals surface area contributed by atoms with E-state index in [4.69, 9.17) is 11.2 Å². The number of benzene rings is 1. The topological polar surface area (TPSA) is 49.7 Å². The third-order valence-corrected chi connectivity index (χ3v) is 4.99. The van der Waals surface area contributed by atoms with Gasteiger partial charge in [0.15, 0.2) is 0 Å². The summed E-state index contributed by atoms with van der Waals surface area (Å²) in [6, 6.07) is 3.49. The van der Waals surface area contributed by atoms with E-state index in [-0.39, 0.29) is 13.2 Å². The second-order valence-corrected chi connectivity index (χ2v) is 7.32. The molecule has 0 bridgehead atoms. The van der Waals surface area contributed by atoms with Gasteiger partial charge in [0.1, 0.15) is 5.75 Å². The molecule has 0 heterocycles. The van der Waals surface area contributed by atoms with E-state index in [9.17, 15) is 10.2 Å². The molecule has 0 unspecified atom stereocenters. The molecule has 0 atom stereocenters. The highest BCUT2D eigenvalue weighted by atomic mass is 16.5. The third kappa shape index (κ3) is 9.84. The van der Waals surface area contributed by atoms with E-state index < -0.39 is 0 Å². The number of aliphatic hydroxyl groups is 2. The van der Waals surface area contributed by atoms with Crippen molar-refractivity contribution in [3.63, 3.8) is 0 Å². The van der Waals surface area contributed by atoms with Crippen LogP contribution in [0.5, 0.6) is 5.75 Å². The number of aliphatic hydroxyl groups excluding tert-OH is 2. The number of terminal acetylenes is 1. The first-order valence-electron chi connectivity index (χ1n) is 10.7. The van der Waals surface area contributed by atoms with Gasteiger partial charge in [0.2, 0.25) is 0 Å². The van der Waals surface area contributed by atoms with Crippen LogP contribution in [0.4, 0.5) is 0 Å². The maximum absolute atomic E-state index is 9.53. The molecular formula is C24H38O3. The van der Waals surface area contributed by atoms with E-state index in [2.05, 4.69) is 12.8 Å². The molecule has 0 saturated carbocycles. The number of hydrogen-bond acceptors (Lipinski definition) is 3. The zero-order valence-electron chi connectivity index (χ0n) is 17.1. The van der Waals surface area contributed by atoms with E-state index >= 15 is 0 Å². The number of ether oxygens (including phenoxy) is 1. The monoisotopic (exact) mass is 374 g/mol.